The molecule has 1 aliphatic carbocycles. The second kappa shape index (κ2) is 5.74. The molecule has 2 unspecified atom stereocenters. The zero-order valence-electron chi connectivity index (χ0n) is 10.2. The van der Waals surface area contributed by atoms with Gasteiger partial charge in [0.1, 0.15) is 5.75 Å². The van der Waals surface area contributed by atoms with Gasteiger partial charge in [-0.3, -0.25) is 0 Å². The van der Waals surface area contributed by atoms with Crippen LogP contribution in [0.15, 0.2) is 18.2 Å². The topological polar surface area (TPSA) is 32.3 Å². The molecule has 2 nitrogen and oxygen atoms in total. The lowest BCUT2D eigenvalue weighted by molar-refractivity contribution is 0.389. The van der Waals surface area contributed by atoms with E-state index in [-0.39, 0.29) is 5.75 Å². The van der Waals surface area contributed by atoms with E-state index in [0.717, 1.165) is 23.9 Å². The van der Waals surface area contributed by atoms with E-state index < -0.39 is 0 Å². The molecule has 3 heteroatoms. The Morgan fingerprint density at radius 3 is 2.94 bits per heavy atom. The van der Waals surface area contributed by atoms with Crippen LogP contribution in [-0.4, -0.2) is 11.7 Å². The van der Waals surface area contributed by atoms with Gasteiger partial charge in [0.25, 0.3) is 0 Å². The molecule has 1 aliphatic rings. The van der Waals surface area contributed by atoms with Gasteiger partial charge in [-0.05, 0) is 30.9 Å². The van der Waals surface area contributed by atoms with Crippen molar-refractivity contribution in [3.8, 4) is 5.75 Å². The summed E-state index contributed by atoms with van der Waals surface area (Å²) >= 11 is 5.87. The molecule has 2 atom stereocenters. The fourth-order valence-corrected chi connectivity index (χ4v) is 2.81. The van der Waals surface area contributed by atoms with Gasteiger partial charge in [0.2, 0.25) is 0 Å². The number of rotatable bonds is 4. The number of aromatic hydroxyl groups is 1. The van der Waals surface area contributed by atoms with Gasteiger partial charge < -0.3 is 10.4 Å². The molecule has 0 aromatic heterocycles. The molecule has 0 spiro atoms. The summed E-state index contributed by atoms with van der Waals surface area (Å²) in [7, 11) is 0. The molecule has 0 amide bonds. The van der Waals surface area contributed by atoms with Gasteiger partial charge in [-0.1, -0.05) is 43.5 Å². The maximum atomic E-state index is 9.77. The maximum absolute atomic E-state index is 9.77. The third-order valence-electron chi connectivity index (χ3n) is 3.83. The number of hydrogen-bond donors (Lipinski definition) is 2. The summed E-state index contributed by atoms with van der Waals surface area (Å²) in [5, 5.41) is 13.6. The predicted octanol–water partition coefficient (Wildman–Crippen LogP) is 3.57. The molecule has 1 aromatic carbocycles. The summed E-state index contributed by atoms with van der Waals surface area (Å²) in [6.45, 7) is 4.05. The van der Waals surface area contributed by atoms with E-state index in [2.05, 4.69) is 12.2 Å². The minimum atomic E-state index is 0.209. The Hall–Kier alpha value is -0.730. The van der Waals surface area contributed by atoms with Gasteiger partial charge in [0, 0.05) is 12.1 Å². The molecule has 1 saturated carbocycles. The van der Waals surface area contributed by atoms with E-state index in [4.69, 9.17) is 11.6 Å². The van der Waals surface area contributed by atoms with E-state index in [9.17, 15) is 5.11 Å². The Morgan fingerprint density at radius 2 is 2.24 bits per heavy atom. The van der Waals surface area contributed by atoms with Crippen molar-refractivity contribution in [1.82, 2.24) is 5.32 Å². The average Bonchev–Trinajstić information content (AvgIpc) is 2.71. The van der Waals surface area contributed by atoms with Crippen LogP contribution in [0.4, 0.5) is 0 Å². The third-order valence-corrected chi connectivity index (χ3v) is 4.14. The first-order valence-electron chi connectivity index (χ1n) is 6.35. The number of phenols is 1. The Bertz CT molecular complexity index is 380. The Morgan fingerprint density at radius 1 is 1.41 bits per heavy atom. The van der Waals surface area contributed by atoms with Crippen LogP contribution < -0.4 is 5.32 Å². The van der Waals surface area contributed by atoms with Crippen LogP contribution in [-0.2, 0) is 6.54 Å². The van der Waals surface area contributed by atoms with Gasteiger partial charge >= 0.3 is 0 Å². The Labute approximate surface area is 108 Å². The van der Waals surface area contributed by atoms with Crippen LogP contribution in [0.25, 0.3) is 0 Å². The van der Waals surface area contributed by atoms with Crippen molar-refractivity contribution in [2.24, 2.45) is 11.8 Å². The summed E-state index contributed by atoms with van der Waals surface area (Å²) in [6.07, 6.45) is 4.04. The first-order valence-corrected chi connectivity index (χ1v) is 6.73. The summed E-state index contributed by atoms with van der Waals surface area (Å²) < 4.78 is 0. The second-order valence-electron chi connectivity index (χ2n) is 5.05. The summed E-state index contributed by atoms with van der Waals surface area (Å²) in [5.74, 6) is 1.83. The first-order chi connectivity index (χ1) is 8.18. The van der Waals surface area contributed by atoms with Crippen molar-refractivity contribution in [2.45, 2.75) is 32.7 Å². The third kappa shape index (κ3) is 3.14. The number of phenolic OH excluding ortho intramolecular Hbond substituents is 1. The van der Waals surface area contributed by atoms with Crippen LogP contribution in [0.3, 0.4) is 0 Å². The highest BCUT2D eigenvalue weighted by Gasteiger charge is 2.22. The number of nitrogens with one attached hydrogen (secondary N) is 1. The molecule has 94 valence electrons. The van der Waals surface area contributed by atoms with Gasteiger partial charge in [0.15, 0.2) is 0 Å². The predicted molar refractivity (Wildman–Crippen MR) is 71.3 cm³/mol. The van der Waals surface area contributed by atoms with Crippen LogP contribution in [0.5, 0.6) is 5.75 Å². The Kier molecular flexibility index (Phi) is 4.30. The van der Waals surface area contributed by atoms with Gasteiger partial charge in [-0.15, -0.1) is 0 Å². The zero-order valence-corrected chi connectivity index (χ0v) is 11.0. The van der Waals surface area contributed by atoms with E-state index in [0.29, 0.717) is 11.6 Å². The highest BCUT2D eigenvalue weighted by Crippen LogP contribution is 2.31. The minimum Gasteiger partial charge on any atom is -0.506 e. The van der Waals surface area contributed by atoms with Gasteiger partial charge in [0.05, 0.1) is 5.02 Å². The summed E-state index contributed by atoms with van der Waals surface area (Å²) in [5.41, 5.74) is 0.878. The molecule has 2 N–H and O–H groups in total. The van der Waals surface area contributed by atoms with E-state index >= 15 is 0 Å². The molecule has 1 fully saturated rings. The quantitative estimate of drug-likeness (QED) is 0.860. The summed E-state index contributed by atoms with van der Waals surface area (Å²) in [6, 6.07) is 5.49. The molecular formula is C14H20ClNO. The van der Waals surface area contributed by atoms with Crippen molar-refractivity contribution in [2.75, 3.05) is 6.54 Å². The van der Waals surface area contributed by atoms with Crippen molar-refractivity contribution in [3.63, 3.8) is 0 Å². The van der Waals surface area contributed by atoms with Crippen LogP contribution in [0, 0.1) is 11.8 Å². The number of halogens is 1. The molecule has 0 saturated heterocycles. The lowest BCUT2D eigenvalue weighted by Gasteiger charge is -2.16. The number of para-hydroxylation sites is 1. The average molecular weight is 254 g/mol. The van der Waals surface area contributed by atoms with E-state index in [1.807, 2.05) is 12.1 Å². The first kappa shape index (κ1) is 12.7. The highest BCUT2D eigenvalue weighted by molar-refractivity contribution is 6.32. The van der Waals surface area contributed by atoms with Crippen molar-refractivity contribution in [1.29, 1.82) is 0 Å². The number of benzene rings is 1. The van der Waals surface area contributed by atoms with Crippen molar-refractivity contribution >= 4 is 11.6 Å². The molecule has 0 aliphatic heterocycles. The fraction of sp³-hybridized carbons (Fsp3) is 0.571. The summed E-state index contributed by atoms with van der Waals surface area (Å²) in [4.78, 5) is 0. The van der Waals surface area contributed by atoms with Crippen LogP contribution >= 0.6 is 11.6 Å². The fourth-order valence-electron chi connectivity index (χ4n) is 2.62. The second-order valence-corrected chi connectivity index (χ2v) is 5.45. The SMILES string of the molecule is CC1CCCC1CNCc1cccc(Cl)c1O. The van der Waals surface area contributed by atoms with Gasteiger partial charge in [-0.2, -0.15) is 0 Å². The van der Waals surface area contributed by atoms with E-state index in [1.54, 1.807) is 6.07 Å². The molecule has 0 heterocycles. The molecule has 0 bridgehead atoms. The molecule has 17 heavy (non-hydrogen) atoms. The van der Waals surface area contributed by atoms with Crippen molar-refractivity contribution < 1.29 is 5.11 Å². The molecule has 0 radical (unpaired) electrons. The molecule has 2 rings (SSSR count). The zero-order chi connectivity index (χ0) is 12.3. The minimum absolute atomic E-state index is 0.209. The lowest BCUT2D eigenvalue weighted by atomic mass is 9.98. The van der Waals surface area contributed by atoms with Crippen LogP contribution in [0.1, 0.15) is 31.7 Å². The maximum Gasteiger partial charge on any atom is 0.138 e. The van der Waals surface area contributed by atoms with E-state index in [1.165, 1.54) is 19.3 Å². The van der Waals surface area contributed by atoms with Crippen molar-refractivity contribution in [3.05, 3.63) is 28.8 Å². The van der Waals surface area contributed by atoms with Gasteiger partial charge in [-0.25, -0.2) is 0 Å². The molecule has 1 aromatic rings. The largest absolute Gasteiger partial charge is 0.506 e. The van der Waals surface area contributed by atoms with Crippen LogP contribution in [0.2, 0.25) is 5.02 Å². The molecular weight excluding hydrogens is 234 g/mol. The Balaban J connectivity index is 1.84. The monoisotopic (exact) mass is 253 g/mol. The standard InChI is InChI=1S/C14H20ClNO/c1-10-4-2-5-11(10)8-16-9-12-6-3-7-13(15)14(12)17/h3,6-7,10-11,16-17H,2,4-5,8-9H2,1H3. The highest BCUT2D eigenvalue weighted by atomic mass is 35.5. The normalized spacial score (nSPS) is 24.1. The smallest absolute Gasteiger partial charge is 0.138 e. The lowest BCUT2D eigenvalue weighted by Crippen LogP contribution is -2.23. The number of hydrogen-bond acceptors (Lipinski definition) is 2.